The van der Waals surface area contributed by atoms with Crippen LogP contribution in [-0.4, -0.2) is 49.4 Å². The molecule has 2 heterocycles. The number of benzene rings is 1. The number of hydrogen-bond acceptors (Lipinski definition) is 6. The molecule has 7 nitrogen and oxygen atoms in total. The summed E-state index contributed by atoms with van der Waals surface area (Å²) in [4.78, 5) is 29.0. The number of aromatic nitrogens is 1. The molecule has 0 N–H and O–H groups in total. The van der Waals surface area contributed by atoms with Crippen LogP contribution in [-0.2, 0) is 19.1 Å². The van der Waals surface area contributed by atoms with E-state index in [1.165, 1.54) is 13.8 Å². The van der Waals surface area contributed by atoms with Crippen LogP contribution in [0.15, 0.2) is 41.2 Å². The molecule has 1 aliphatic rings. The van der Waals surface area contributed by atoms with Gasteiger partial charge >= 0.3 is 19.3 Å². The third-order valence-electron chi connectivity index (χ3n) is 5.28. The standard InChI is InChI=1S/C25H19BF6N2O5/c1-4-12-39-23-21(29)19(27)18(20(28)22(23)30)16(15-8-7-11-34(15)26(31)32)13-9-10-14(33-13)17(24(35)37-5-2)25(36)38-6-3/h1,7-11,17H,5-6,12H2,2-3H3/b16-13-. The number of carbonyl (C=O) groups excluding carboxylic acids is 2. The van der Waals surface area contributed by atoms with Crippen LogP contribution < -0.4 is 4.74 Å². The molecule has 0 atom stereocenters. The highest BCUT2D eigenvalue weighted by Crippen LogP contribution is 2.39. The molecule has 1 aromatic carbocycles. The van der Waals surface area contributed by atoms with E-state index in [2.05, 4.69) is 9.73 Å². The Morgan fingerprint density at radius 1 is 1.03 bits per heavy atom. The van der Waals surface area contributed by atoms with Crippen LogP contribution in [0.5, 0.6) is 5.75 Å². The summed E-state index contributed by atoms with van der Waals surface area (Å²) in [6.45, 7) is 1.98. The van der Waals surface area contributed by atoms with Crippen molar-refractivity contribution < 1.29 is 50.0 Å². The van der Waals surface area contributed by atoms with Crippen molar-refractivity contribution in [2.75, 3.05) is 19.8 Å². The smallest absolute Gasteiger partial charge is 0.475 e. The number of aliphatic imine (C=N–C) groups is 1. The highest BCUT2D eigenvalue weighted by Gasteiger charge is 2.37. The molecule has 0 aliphatic carbocycles. The summed E-state index contributed by atoms with van der Waals surface area (Å²) >= 11 is 0. The van der Waals surface area contributed by atoms with Gasteiger partial charge in [-0.25, -0.2) is 8.78 Å². The molecule has 0 saturated carbocycles. The van der Waals surface area contributed by atoms with Gasteiger partial charge in [0.25, 0.3) is 0 Å². The first-order valence-corrected chi connectivity index (χ1v) is 11.3. The number of esters is 2. The van der Waals surface area contributed by atoms with Crippen molar-refractivity contribution in [1.29, 1.82) is 0 Å². The van der Waals surface area contributed by atoms with Crippen LogP contribution in [0.1, 0.15) is 25.1 Å². The van der Waals surface area contributed by atoms with Crippen molar-refractivity contribution in [3.05, 3.63) is 70.7 Å². The van der Waals surface area contributed by atoms with E-state index < -0.39 is 83.4 Å². The first-order valence-electron chi connectivity index (χ1n) is 11.3. The minimum atomic E-state index is -3.25. The molecular weight excluding hydrogens is 533 g/mol. The van der Waals surface area contributed by atoms with E-state index in [1.54, 1.807) is 0 Å². The van der Waals surface area contributed by atoms with Gasteiger partial charge in [0.15, 0.2) is 23.3 Å². The third-order valence-corrected chi connectivity index (χ3v) is 5.28. The van der Waals surface area contributed by atoms with Crippen LogP contribution in [0.4, 0.5) is 26.2 Å². The van der Waals surface area contributed by atoms with Crippen molar-refractivity contribution in [1.82, 2.24) is 4.48 Å². The Hall–Kier alpha value is -4.41. The van der Waals surface area contributed by atoms with Crippen molar-refractivity contribution in [3.8, 4) is 18.1 Å². The summed E-state index contributed by atoms with van der Waals surface area (Å²) in [5, 5.41) is 0. The fraction of sp³-hybridized carbons (Fsp3) is 0.240. The van der Waals surface area contributed by atoms with E-state index in [1.807, 2.05) is 5.92 Å². The molecule has 0 amide bonds. The summed E-state index contributed by atoms with van der Waals surface area (Å²) in [6.07, 6.45) is 7.93. The number of rotatable bonds is 10. The molecule has 3 rings (SSSR count). The number of carbonyl (C=O) groups is 2. The zero-order valence-corrected chi connectivity index (χ0v) is 20.4. The van der Waals surface area contributed by atoms with E-state index in [4.69, 9.17) is 15.9 Å². The summed E-state index contributed by atoms with van der Waals surface area (Å²) in [5.41, 5.74) is -3.63. The van der Waals surface area contributed by atoms with Gasteiger partial charge in [0.2, 0.25) is 11.6 Å². The van der Waals surface area contributed by atoms with Crippen molar-refractivity contribution in [2.24, 2.45) is 10.9 Å². The summed E-state index contributed by atoms with van der Waals surface area (Å²) in [6, 6.07) is 2.10. The zero-order chi connectivity index (χ0) is 28.9. The Kier molecular flexibility index (Phi) is 9.29. The fourth-order valence-corrected chi connectivity index (χ4v) is 3.70. The third kappa shape index (κ3) is 5.72. The lowest BCUT2D eigenvalue weighted by Crippen LogP contribution is -2.33. The lowest BCUT2D eigenvalue weighted by Gasteiger charge is -2.17. The Balaban J connectivity index is 2.35. The van der Waals surface area contributed by atoms with Gasteiger partial charge in [0.1, 0.15) is 6.61 Å². The first kappa shape index (κ1) is 29.2. The molecule has 39 heavy (non-hydrogen) atoms. The normalized spacial score (nSPS) is 13.7. The van der Waals surface area contributed by atoms with Crippen molar-refractivity contribution >= 4 is 30.6 Å². The van der Waals surface area contributed by atoms with Gasteiger partial charge in [-0.3, -0.25) is 23.2 Å². The quantitative estimate of drug-likeness (QED) is 0.110. The molecule has 0 fully saturated rings. The fourth-order valence-electron chi connectivity index (χ4n) is 3.70. The predicted molar refractivity (Wildman–Crippen MR) is 128 cm³/mol. The monoisotopic (exact) mass is 552 g/mol. The Morgan fingerprint density at radius 2 is 1.62 bits per heavy atom. The van der Waals surface area contributed by atoms with Gasteiger partial charge in [0, 0.05) is 11.3 Å². The van der Waals surface area contributed by atoms with Crippen LogP contribution in [0, 0.1) is 41.5 Å². The number of nitrogens with zero attached hydrogens (tertiary/aromatic N) is 2. The Morgan fingerprint density at radius 3 is 2.13 bits per heavy atom. The molecular formula is C25H19BF6N2O5. The van der Waals surface area contributed by atoms with E-state index in [0.717, 1.165) is 30.5 Å². The molecule has 2 aromatic rings. The van der Waals surface area contributed by atoms with Crippen molar-refractivity contribution in [3.63, 3.8) is 0 Å². The first-order chi connectivity index (χ1) is 18.6. The summed E-state index contributed by atoms with van der Waals surface area (Å²) in [5.74, 6) is -11.4. The number of halogens is 6. The van der Waals surface area contributed by atoms with Gasteiger partial charge in [-0.15, -0.1) is 6.42 Å². The molecule has 14 heteroatoms. The van der Waals surface area contributed by atoms with Gasteiger partial charge in [-0.1, -0.05) is 5.92 Å². The topological polar surface area (TPSA) is 79.1 Å². The minimum absolute atomic E-state index is 0.120. The highest BCUT2D eigenvalue weighted by atomic mass is 19.2. The second-order valence-electron chi connectivity index (χ2n) is 7.60. The van der Waals surface area contributed by atoms with E-state index in [9.17, 15) is 27.0 Å². The van der Waals surface area contributed by atoms with Crippen LogP contribution in [0.3, 0.4) is 0 Å². The molecule has 0 radical (unpaired) electrons. The average Bonchev–Trinajstić information content (AvgIpc) is 3.56. The number of hydrogen-bond donors (Lipinski definition) is 0. The van der Waals surface area contributed by atoms with Crippen LogP contribution in [0.2, 0.25) is 0 Å². The Bertz CT molecular complexity index is 1380. The zero-order valence-electron chi connectivity index (χ0n) is 20.4. The van der Waals surface area contributed by atoms with E-state index in [0.29, 0.717) is 0 Å². The SMILES string of the molecule is C#CCOc1c(F)c(F)c(/C(=C2/C=CC(C(C(=O)OCC)C(=O)OCC)=N2)c2cccn2B(F)F)c(F)c1F. The summed E-state index contributed by atoms with van der Waals surface area (Å²) in [7, 11) is -3.25. The molecule has 0 unspecified atom stereocenters. The Labute approximate surface area is 218 Å². The maximum Gasteiger partial charge on any atom is 0.677 e. The van der Waals surface area contributed by atoms with Crippen LogP contribution in [0.25, 0.3) is 5.57 Å². The van der Waals surface area contributed by atoms with Gasteiger partial charge in [0.05, 0.1) is 30.2 Å². The molecule has 0 spiro atoms. The minimum Gasteiger partial charge on any atom is -0.475 e. The van der Waals surface area contributed by atoms with Gasteiger partial charge in [-0.05, 0) is 44.3 Å². The van der Waals surface area contributed by atoms with Crippen LogP contribution >= 0.6 is 0 Å². The second kappa shape index (κ2) is 12.4. The maximum atomic E-state index is 15.3. The predicted octanol–water partition coefficient (Wildman–Crippen LogP) is 4.34. The lowest BCUT2D eigenvalue weighted by molar-refractivity contribution is -0.157. The maximum absolute atomic E-state index is 15.3. The van der Waals surface area contributed by atoms with Crippen molar-refractivity contribution in [2.45, 2.75) is 13.8 Å². The number of terminal acetylenes is 1. The van der Waals surface area contributed by atoms with E-state index in [-0.39, 0.29) is 23.4 Å². The lowest BCUT2D eigenvalue weighted by atomic mass is 9.97. The molecule has 1 aromatic heterocycles. The average molecular weight is 552 g/mol. The summed E-state index contributed by atoms with van der Waals surface area (Å²) < 4.78 is 102. The largest absolute Gasteiger partial charge is 0.677 e. The highest BCUT2D eigenvalue weighted by molar-refractivity contribution is 6.41. The second-order valence-corrected chi connectivity index (χ2v) is 7.60. The van der Waals surface area contributed by atoms with Gasteiger partial charge in [-0.2, -0.15) is 8.78 Å². The molecule has 1 aliphatic heterocycles. The molecule has 0 saturated heterocycles. The number of allylic oxidation sites excluding steroid dienone is 2. The number of ether oxygens (including phenoxy) is 3. The van der Waals surface area contributed by atoms with E-state index >= 15 is 8.78 Å². The molecule has 0 bridgehead atoms. The molecule has 204 valence electrons. The van der Waals surface area contributed by atoms with Gasteiger partial charge < -0.3 is 18.7 Å².